The summed E-state index contributed by atoms with van der Waals surface area (Å²) in [7, 11) is 0. The van der Waals surface area contributed by atoms with Crippen LogP contribution in [0.15, 0.2) is 54.7 Å². The second-order valence-corrected chi connectivity index (χ2v) is 5.59. The molecule has 2 heterocycles. The van der Waals surface area contributed by atoms with E-state index in [0.717, 1.165) is 4.90 Å². The molecule has 130 valence electrons. The highest BCUT2D eigenvalue weighted by Crippen LogP contribution is 2.29. The zero-order chi connectivity index (χ0) is 18.8. The third-order valence-electron chi connectivity index (χ3n) is 4.01. The second-order valence-electron chi connectivity index (χ2n) is 5.59. The summed E-state index contributed by atoms with van der Waals surface area (Å²) >= 11 is 0. The Kier molecular flexibility index (Phi) is 3.91. The molecule has 4 rings (SSSR count). The number of amides is 2. The van der Waals surface area contributed by atoms with Crippen molar-refractivity contribution >= 4 is 28.8 Å². The molecule has 0 fully saturated rings. The van der Waals surface area contributed by atoms with Gasteiger partial charge in [0.2, 0.25) is 5.82 Å². The summed E-state index contributed by atoms with van der Waals surface area (Å²) in [6.45, 7) is 0. The Labute approximate surface area is 152 Å². The molecule has 0 spiro atoms. The smallest absolute Gasteiger partial charge is 0.266 e. The van der Waals surface area contributed by atoms with Crippen LogP contribution < -0.4 is 10.2 Å². The van der Waals surface area contributed by atoms with Gasteiger partial charge >= 0.3 is 0 Å². The fourth-order valence-electron chi connectivity index (χ4n) is 2.71. The van der Waals surface area contributed by atoms with Gasteiger partial charge in [-0.3, -0.25) is 9.59 Å². The first kappa shape index (κ1) is 16.2. The molecule has 27 heavy (non-hydrogen) atoms. The number of carbonyl (C=O) groups excluding carboxylic acids is 2. The summed E-state index contributed by atoms with van der Waals surface area (Å²) in [5, 5.41) is 25.3. The van der Waals surface area contributed by atoms with Crippen molar-refractivity contribution in [2.75, 3.05) is 10.2 Å². The van der Waals surface area contributed by atoms with Crippen LogP contribution in [0.1, 0.15) is 26.5 Å². The maximum atomic E-state index is 12.5. The molecule has 9 heteroatoms. The van der Waals surface area contributed by atoms with Gasteiger partial charge in [0.1, 0.15) is 11.6 Å². The Morgan fingerprint density at radius 2 is 1.74 bits per heavy atom. The van der Waals surface area contributed by atoms with Gasteiger partial charge in [-0.1, -0.05) is 12.1 Å². The fourth-order valence-corrected chi connectivity index (χ4v) is 2.71. The SMILES string of the molecule is N#CC(=CNc1ccc(N2C(=O)c3ccccc3C2=O)cc1)c1nn[nH]n1. The van der Waals surface area contributed by atoms with Crippen molar-refractivity contribution in [3.63, 3.8) is 0 Å². The van der Waals surface area contributed by atoms with E-state index in [9.17, 15) is 9.59 Å². The largest absolute Gasteiger partial charge is 0.360 e. The molecule has 3 aromatic rings. The predicted octanol–water partition coefficient (Wildman–Crippen LogP) is 1.98. The number of nitrogens with zero attached hydrogens (tertiary/aromatic N) is 5. The van der Waals surface area contributed by atoms with E-state index < -0.39 is 0 Å². The standard InChI is InChI=1S/C18H11N7O2/c19-9-11(16-21-23-24-22-16)10-20-12-5-7-13(8-6-12)25-17(26)14-3-1-2-4-15(14)18(25)27/h1-8,10,20H,(H,21,22,23,24). The number of tetrazole rings is 1. The topological polar surface area (TPSA) is 128 Å². The Morgan fingerprint density at radius 3 is 2.30 bits per heavy atom. The number of fused-ring (bicyclic) bond motifs is 1. The Balaban J connectivity index is 1.55. The molecule has 2 N–H and O–H groups in total. The van der Waals surface area contributed by atoms with E-state index in [1.54, 1.807) is 48.5 Å². The van der Waals surface area contributed by atoms with E-state index in [1.165, 1.54) is 6.20 Å². The van der Waals surface area contributed by atoms with E-state index in [0.29, 0.717) is 22.5 Å². The van der Waals surface area contributed by atoms with Crippen LogP contribution in [0, 0.1) is 11.3 Å². The minimum Gasteiger partial charge on any atom is -0.360 e. The van der Waals surface area contributed by atoms with Crippen LogP contribution in [0.2, 0.25) is 0 Å². The average Bonchev–Trinajstić information content (AvgIpc) is 3.31. The summed E-state index contributed by atoms with van der Waals surface area (Å²) in [6.07, 6.45) is 1.45. The molecule has 0 unspecified atom stereocenters. The minimum atomic E-state index is -0.347. The summed E-state index contributed by atoms with van der Waals surface area (Å²) in [6, 6.07) is 15.4. The van der Waals surface area contributed by atoms with Gasteiger partial charge in [-0.2, -0.15) is 10.5 Å². The summed E-state index contributed by atoms with van der Waals surface area (Å²) in [5.74, 6) is -0.521. The van der Waals surface area contributed by atoms with Crippen molar-refractivity contribution < 1.29 is 9.59 Å². The quantitative estimate of drug-likeness (QED) is 0.540. The normalized spacial score (nSPS) is 13.4. The average molecular weight is 357 g/mol. The van der Waals surface area contributed by atoms with Crippen LogP contribution in [0.3, 0.4) is 0 Å². The number of aromatic nitrogens is 4. The molecule has 1 aromatic heterocycles. The second kappa shape index (κ2) is 6.53. The number of nitriles is 1. The maximum absolute atomic E-state index is 12.5. The molecular formula is C18H11N7O2. The lowest BCUT2D eigenvalue weighted by molar-refractivity contribution is 0.0926. The van der Waals surface area contributed by atoms with Crippen molar-refractivity contribution in [3.05, 3.63) is 71.7 Å². The van der Waals surface area contributed by atoms with Crippen LogP contribution in [0.4, 0.5) is 11.4 Å². The molecule has 2 aromatic carbocycles. The van der Waals surface area contributed by atoms with Crippen molar-refractivity contribution in [1.82, 2.24) is 20.6 Å². The number of imide groups is 1. The Morgan fingerprint density at radius 1 is 1.07 bits per heavy atom. The van der Waals surface area contributed by atoms with Crippen LogP contribution in [-0.4, -0.2) is 32.4 Å². The lowest BCUT2D eigenvalue weighted by atomic mass is 10.1. The van der Waals surface area contributed by atoms with Gasteiger partial charge in [0.05, 0.1) is 16.8 Å². The zero-order valence-corrected chi connectivity index (χ0v) is 13.7. The van der Waals surface area contributed by atoms with Crippen molar-refractivity contribution in [3.8, 4) is 6.07 Å². The van der Waals surface area contributed by atoms with Gasteiger partial charge in [0, 0.05) is 11.9 Å². The molecule has 0 saturated heterocycles. The third-order valence-corrected chi connectivity index (χ3v) is 4.01. The van der Waals surface area contributed by atoms with E-state index in [1.807, 2.05) is 6.07 Å². The number of aromatic amines is 1. The number of anilines is 2. The highest BCUT2D eigenvalue weighted by molar-refractivity contribution is 6.34. The minimum absolute atomic E-state index is 0.174. The number of hydrogen-bond donors (Lipinski definition) is 2. The van der Waals surface area contributed by atoms with Crippen LogP contribution in [-0.2, 0) is 0 Å². The zero-order valence-electron chi connectivity index (χ0n) is 13.7. The van der Waals surface area contributed by atoms with Gasteiger partial charge in [-0.25, -0.2) is 4.90 Å². The van der Waals surface area contributed by atoms with Gasteiger partial charge < -0.3 is 5.32 Å². The van der Waals surface area contributed by atoms with Crippen molar-refractivity contribution in [2.24, 2.45) is 0 Å². The Bertz CT molecular complexity index is 1060. The molecule has 9 nitrogen and oxygen atoms in total. The van der Waals surface area contributed by atoms with Crippen molar-refractivity contribution in [1.29, 1.82) is 5.26 Å². The lowest BCUT2D eigenvalue weighted by Crippen LogP contribution is -2.29. The lowest BCUT2D eigenvalue weighted by Gasteiger charge is -2.14. The molecular weight excluding hydrogens is 346 g/mol. The molecule has 0 bridgehead atoms. The highest BCUT2D eigenvalue weighted by atomic mass is 16.2. The predicted molar refractivity (Wildman–Crippen MR) is 95.4 cm³/mol. The molecule has 0 atom stereocenters. The number of H-pyrrole nitrogens is 1. The molecule has 0 saturated carbocycles. The third kappa shape index (κ3) is 2.81. The summed E-state index contributed by atoms with van der Waals surface area (Å²) < 4.78 is 0. The molecule has 0 aliphatic carbocycles. The molecule has 1 aliphatic rings. The number of nitrogens with one attached hydrogen (secondary N) is 2. The first-order chi connectivity index (χ1) is 13.2. The van der Waals surface area contributed by atoms with Gasteiger partial charge in [-0.15, -0.1) is 10.2 Å². The van der Waals surface area contributed by atoms with Crippen LogP contribution in [0.5, 0.6) is 0 Å². The van der Waals surface area contributed by atoms with E-state index >= 15 is 0 Å². The van der Waals surface area contributed by atoms with Gasteiger partial charge in [0.25, 0.3) is 11.8 Å². The van der Waals surface area contributed by atoms with Gasteiger partial charge in [-0.05, 0) is 41.6 Å². The molecule has 1 aliphatic heterocycles. The summed E-state index contributed by atoms with van der Waals surface area (Å²) in [5.41, 5.74) is 2.12. The highest BCUT2D eigenvalue weighted by Gasteiger charge is 2.36. The van der Waals surface area contributed by atoms with E-state index in [4.69, 9.17) is 5.26 Å². The number of rotatable bonds is 4. The first-order valence-electron chi connectivity index (χ1n) is 7.87. The first-order valence-corrected chi connectivity index (χ1v) is 7.87. The number of carbonyl (C=O) groups is 2. The van der Waals surface area contributed by atoms with E-state index in [-0.39, 0.29) is 23.2 Å². The molecule has 0 radical (unpaired) electrons. The monoisotopic (exact) mass is 357 g/mol. The van der Waals surface area contributed by atoms with Crippen LogP contribution in [0.25, 0.3) is 5.57 Å². The number of allylic oxidation sites excluding steroid dienone is 1. The number of hydrogen-bond acceptors (Lipinski definition) is 7. The number of benzene rings is 2. The maximum Gasteiger partial charge on any atom is 0.266 e. The van der Waals surface area contributed by atoms with E-state index in [2.05, 4.69) is 25.9 Å². The van der Waals surface area contributed by atoms with Crippen molar-refractivity contribution in [2.45, 2.75) is 0 Å². The summed E-state index contributed by atoms with van der Waals surface area (Å²) in [4.78, 5) is 26.1. The Hall–Kier alpha value is -4.32. The van der Waals surface area contributed by atoms with Crippen LogP contribution >= 0.6 is 0 Å². The fraction of sp³-hybridized carbons (Fsp3) is 0. The van der Waals surface area contributed by atoms with Gasteiger partial charge in [0.15, 0.2) is 0 Å². The molecule has 2 amide bonds.